The number of ether oxygens (including phenoxy) is 1. The summed E-state index contributed by atoms with van der Waals surface area (Å²) in [5, 5.41) is 0. The van der Waals surface area contributed by atoms with E-state index in [2.05, 4.69) is 32.0 Å². The molecule has 1 radical (unpaired) electrons. The second-order valence-electron chi connectivity index (χ2n) is 5.89. The molecule has 0 spiro atoms. The molecule has 119 valence electrons. The maximum absolute atomic E-state index is 5.57. The van der Waals surface area contributed by atoms with Crippen molar-refractivity contribution in [2.24, 2.45) is 0 Å². The van der Waals surface area contributed by atoms with Gasteiger partial charge in [0.15, 0.2) is 0 Å². The number of hydrogen-bond donors (Lipinski definition) is 0. The molecule has 1 rings (SSSR count). The standard InChI is InChI=1S/C20H33O/c1-3-5-6-7-8-9-10-11-12-13-16-19-17-14-15-18-20(19)21-4-2/h14-15,17-18H,2-13,16H2,1H3. The van der Waals surface area contributed by atoms with E-state index < -0.39 is 0 Å². The Morgan fingerprint density at radius 1 is 0.810 bits per heavy atom. The van der Waals surface area contributed by atoms with Gasteiger partial charge in [0, 0.05) is 0 Å². The molecule has 0 amide bonds. The highest BCUT2D eigenvalue weighted by Gasteiger charge is 2.01. The largest absolute Gasteiger partial charge is 0.493 e. The SMILES string of the molecule is [CH2]COc1ccccc1CCCCCCCCCCCC. The molecule has 0 aromatic heterocycles. The average molecular weight is 289 g/mol. The number of rotatable bonds is 13. The van der Waals surface area contributed by atoms with E-state index in [-0.39, 0.29) is 0 Å². The minimum atomic E-state index is 0.509. The zero-order chi connectivity index (χ0) is 15.2. The summed E-state index contributed by atoms with van der Waals surface area (Å²) in [4.78, 5) is 0. The van der Waals surface area contributed by atoms with Crippen molar-refractivity contribution in [3.63, 3.8) is 0 Å². The van der Waals surface area contributed by atoms with E-state index in [1.165, 1.54) is 69.8 Å². The summed E-state index contributed by atoms with van der Waals surface area (Å²) in [6, 6.07) is 8.37. The molecular weight excluding hydrogens is 256 g/mol. The maximum atomic E-state index is 5.57. The normalized spacial score (nSPS) is 10.8. The lowest BCUT2D eigenvalue weighted by atomic mass is 10.0. The van der Waals surface area contributed by atoms with Gasteiger partial charge in [0.25, 0.3) is 0 Å². The summed E-state index contributed by atoms with van der Waals surface area (Å²) in [5.41, 5.74) is 1.33. The number of unbranched alkanes of at least 4 members (excludes halogenated alkanes) is 9. The quantitative estimate of drug-likeness (QED) is 0.384. The lowest BCUT2D eigenvalue weighted by Gasteiger charge is -2.09. The van der Waals surface area contributed by atoms with E-state index in [9.17, 15) is 0 Å². The molecular formula is C20H33O. The van der Waals surface area contributed by atoms with Crippen LogP contribution in [-0.2, 0) is 6.42 Å². The second-order valence-corrected chi connectivity index (χ2v) is 5.89. The van der Waals surface area contributed by atoms with Gasteiger partial charge in [0.2, 0.25) is 0 Å². The minimum absolute atomic E-state index is 0.509. The molecule has 0 N–H and O–H groups in total. The van der Waals surface area contributed by atoms with Crippen LogP contribution < -0.4 is 4.74 Å². The Bertz CT molecular complexity index is 345. The number of aryl methyl sites for hydroxylation is 1. The van der Waals surface area contributed by atoms with Crippen LogP contribution >= 0.6 is 0 Å². The topological polar surface area (TPSA) is 9.23 Å². The van der Waals surface area contributed by atoms with Crippen molar-refractivity contribution in [2.75, 3.05) is 6.61 Å². The van der Waals surface area contributed by atoms with Gasteiger partial charge in [-0.15, -0.1) is 0 Å². The number of hydrogen-bond acceptors (Lipinski definition) is 1. The van der Waals surface area contributed by atoms with Crippen LogP contribution in [0.3, 0.4) is 0 Å². The van der Waals surface area contributed by atoms with Crippen molar-refractivity contribution in [2.45, 2.75) is 77.6 Å². The summed E-state index contributed by atoms with van der Waals surface area (Å²) < 4.78 is 5.57. The Kier molecular flexibility index (Phi) is 11.0. The molecule has 1 nitrogen and oxygen atoms in total. The van der Waals surface area contributed by atoms with Gasteiger partial charge < -0.3 is 4.74 Å². The van der Waals surface area contributed by atoms with Crippen LogP contribution in [0, 0.1) is 6.92 Å². The predicted molar refractivity (Wildman–Crippen MR) is 92.8 cm³/mol. The zero-order valence-electron chi connectivity index (χ0n) is 13.9. The monoisotopic (exact) mass is 289 g/mol. The first-order chi connectivity index (χ1) is 10.4. The van der Waals surface area contributed by atoms with Crippen LogP contribution in [0.15, 0.2) is 24.3 Å². The minimum Gasteiger partial charge on any atom is -0.493 e. The van der Waals surface area contributed by atoms with Crippen LogP contribution in [0.1, 0.15) is 76.7 Å². The summed E-state index contributed by atoms with van der Waals surface area (Å²) in [7, 11) is 0. The summed E-state index contributed by atoms with van der Waals surface area (Å²) in [6.07, 6.45) is 15.0. The summed E-state index contributed by atoms with van der Waals surface area (Å²) >= 11 is 0. The third kappa shape index (κ3) is 8.80. The van der Waals surface area contributed by atoms with Gasteiger partial charge in [0.05, 0.1) is 6.61 Å². The fourth-order valence-electron chi connectivity index (χ4n) is 2.76. The van der Waals surface area contributed by atoms with E-state index >= 15 is 0 Å². The Morgan fingerprint density at radius 2 is 1.38 bits per heavy atom. The van der Waals surface area contributed by atoms with E-state index in [4.69, 9.17) is 4.74 Å². The fourth-order valence-corrected chi connectivity index (χ4v) is 2.76. The van der Waals surface area contributed by atoms with Crippen LogP contribution in [0.4, 0.5) is 0 Å². The van der Waals surface area contributed by atoms with Crippen LogP contribution in [0.25, 0.3) is 0 Å². The van der Waals surface area contributed by atoms with Gasteiger partial charge >= 0.3 is 0 Å². The average Bonchev–Trinajstić information content (AvgIpc) is 2.51. The van der Waals surface area contributed by atoms with E-state index in [0.717, 1.165) is 12.2 Å². The van der Waals surface area contributed by atoms with Gasteiger partial charge in [-0.2, -0.15) is 0 Å². The second kappa shape index (κ2) is 12.7. The van der Waals surface area contributed by atoms with Crippen molar-refractivity contribution < 1.29 is 4.74 Å². The molecule has 0 aliphatic heterocycles. The van der Waals surface area contributed by atoms with Gasteiger partial charge in [-0.25, -0.2) is 0 Å². The molecule has 1 heteroatoms. The Balaban J connectivity index is 2.01. The third-order valence-electron chi connectivity index (χ3n) is 4.03. The third-order valence-corrected chi connectivity index (χ3v) is 4.03. The van der Waals surface area contributed by atoms with Crippen molar-refractivity contribution >= 4 is 0 Å². The first-order valence-electron chi connectivity index (χ1n) is 8.88. The van der Waals surface area contributed by atoms with Gasteiger partial charge in [-0.05, 0) is 31.4 Å². The number of para-hydroxylation sites is 1. The lowest BCUT2D eigenvalue weighted by Crippen LogP contribution is -1.96. The van der Waals surface area contributed by atoms with E-state index in [1.54, 1.807) is 0 Å². The van der Waals surface area contributed by atoms with Crippen LogP contribution in [0.2, 0.25) is 0 Å². The maximum Gasteiger partial charge on any atom is 0.122 e. The van der Waals surface area contributed by atoms with E-state index in [0.29, 0.717) is 6.61 Å². The predicted octanol–water partition coefficient (Wildman–Crippen LogP) is 6.36. The molecule has 0 atom stereocenters. The molecule has 21 heavy (non-hydrogen) atoms. The molecule has 0 aliphatic rings. The van der Waals surface area contributed by atoms with Gasteiger partial charge in [0.1, 0.15) is 5.75 Å². The first kappa shape index (κ1) is 18.1. The molecule has 0 unspecified atom stereocenters. The summed E-state index contributed by atoms with van der Waals surface area (Å²) in [5.74, 6) is 1.02. The molecule has 1 aromatic rings. The van der Waals surface area contributed by atoms with Crippen molar-refractivity contribution in [1.82, 2.24) is 0 Å². The van der Waals surface area contributed by atoms with Crippen molar-refractivity contribution in [1.29, 1.82) is 0 Å². The van der Waals surface area contributed by atoms with Crippen molar-refractivity contribution in [3.05, 3.63) is 36.8 Å². The molecule has 1 aromatic carbocycles. The Labute approximate surface area is 132 Å². The molecule has 0 aliphatic carbocycles. The van der Waals surface area contributed by atoms with Crippen molar-refractivity contribution in [3.8, 4) is 5.75 Å². The first-order valence-corrected chi connectivity index (χ1v) is 8.88. The molecule has 0 fully saturated rings. The highest BCUT2D eigenvalue weighted by molar-refractivity contribution is 5.33. The fraction of sp³-hybridized carbons (Fsp3) is 0.650. The molecule has 0 saturated heterocycles. The highest BCUT2D eigenvalue weighted by Crippen LogP contribution is 2.20. The van der Waals surface area contributed by atoms with E-state index in [1.807, 2.05) is 6.07 Å². The summed E-state index contributed by atoms with van der Waals surface area (Å²) in [6.45, 7) is 6.54. The zero-order valence-corrected chi connectivity index (χ0v) is 13.9. The van der Waals surface area contributed by atoms with Crippen LogP contribution in [-0.4, -0.2) is 6.61 Å². The highest BCUT2D eigenvalue weighted by atomic mass is 16.5. The Hall–Kier alpha value is -0.980. The Morgan fingerprint density at radius 3 is 2.00 bits per heavy atom. The molecule has 0 bridgehead atoms. The lowest BCUT2D eigenvalue weighted by molar-refractivity contribution is 0.356. The molecule has 0 saturated carbocycles. The molecule has 0 heterocycles. The smallest absolute Gasteiger partial charge is 0.122 e. The van der Waals surface area contributed by atoms with Crippen LogP contribution in [0.5, 0.6) is 5.75 Å². The van der Waals surface area contributed by atoms with Gasteiger partial charge in [-0.3, -0.25) is 0 Å². The van der Waals surface area contributed by atoms with Gasteiger partial charge in [-0.1, -0.05) is 82.9 Å². The number of benzene rings is 1.